The first kappa shape index (κ1) is 15.4. The highest BCUT2D eigenvalue weighted by atomic mass is 16.3. The minimum atomic E-state index is 0.253. The van der Waals surface area contributed by atoms with Crippen LogP contribution in [0.4, 0.5) is 0 Å². The zero-order valence-corrected chi connectivity index (χ0v) is 12.7. The molecule has 1 aromatic rings. The summed E-state index contributed by atoms with van der Waals surface area (Å²) < 4.78 is 2.03. The summed E-state index contributed by atoms with van der Waals surface area (Å²) in [6.45, 7) is 11.5. The van der Waals surface area contributed by atoms with Gasteiger partial charge in [-0.25, -0.2) is 9.67 Å². The van der Waals surface area contributed by atoms with Crippen molar-refractivity contribution >= 4 is 0 Å². The third-order valence-corrected chi connectivity index (χ3v) is 3.70. The van der Waals surface area contributed by atoms with Crippen LogP contribution in [0.1, 0.15) is 26.1 Å². The second kappa shape index (κ2) is 7.71. The fourth-order valence-electron chi connectivity index (χ4n) is 2.66. The molecule has 0 atom stereocenters. The summed E-state index contributed by atoms with van der Waals surface area (Å²) >= 11 is 0. The third-order valence-electron chi connectivity index (χ3n) is 3.70. The summed E-state index contributed by atoms with van der Waals surface area (Å²) in [7, 11) is 0. The first-order valence-electron chi connectivity index (χ1n) is 7.61. The minimum Gasteiger partial charge on any atom is -0.395 e. The lowest BCUT2D eigenvalue weighted by atomic mass is 10.2. The molecule has 0 spiro atoms. The van der Waals surface area contributed by atoms with Crippen LogP contribution in [-0.4, -0.2) is 69.0 Å². The molecule has 2 rings (SSSR count). The molecule has 1 aliphatic rings. The lowest BCUT2D eigenvalue weighted by Gasteiger charge is -2.21. The molecule has 0 unspecified atom stereocenters. The Morgan fingerprint density at radius 2 is 1.95 bits per heavy atom. The Morgan fingerprint density at radius 1 is 1.20 bits per heavy atom. The molecule has 0 saturated carbocycles. The van der Waals surface area contributed by atoms with Crippen molar-refractivity contribution in [1.29, 1.82) is 0 Å². The van der Waals surface area contributed by atoms with E-state index in [9.17, 15) is 0 Å². The van der Waals surface area contributed by atoms with E-state index in [0.717, 1.165) is 58.1 Å². The number of hydrogen-bond donors (Lipinski definition) is 1. The van der Waals surface area contributed by atoms with Crippen molar-refractivity contribution in [2.45, 2.75) is 33.4 Å². The molecule has 2 heterocycles. The van der Waals surface area contributed by atoms with Crippen LogP contribution in [-0.2, 0) is 13.1 Å². The first-order chi connectivity index (χ1) is 9.69. The number of aliphatic hydroxyl groups excluding tert-OH is 1. The Kier molecular flexibility index (Phi) is 5.94. The summed E-state index contributed by atoms with van der Waals surface area (Å²) in [5, 5.41) is 13.4. The van der Waals surface area contributed by atoms with Gasteiger partial charge in [-0.1, -0.05) is 13.8 Å². The second-order valence-electron chi connectivity index (χ2n) is 5.95. The number of β-amino-alcohol motifs (C(OH)–C–C–N with tert-alkyl or cyclic N) is 1. The van der Waals surface area contributed by atoms with Crippen LogP contribution >= 0.6 is 0 Å². The van der Waals surface area contributed by atoms with Crippen molar-refractivity contribution in [3.05, 3.63) is 12.2 Å². The van der Waals surface area contributed by atoms with Gasteiger partial charge in [0.05, 0.1) is 13.2 Å². The molecule has 6 heteroatoms. The van der Waals surface area contributed by atoms with Crippen LogP contribution in [0.15, 0.2) is 6.33 Å². The predicted molar refractivity (Wildman–Crippen MR) is 78.3 cm³/mol. The molecule has 0 aliphatic carbocycles. The van der Waals surface area contributed by atoms with Crippen LogP contribution in [0.3, 0.4) is 0 Å². The predicted octanol–water partition coefficient (Wildman–Crippen LogP) is 0.434. The lowest BCUT2D eigenvalue weighted by molar-refractivity contribution is 0.194. The summed E-state index contributed by atoms with van der Waals surface area (Å²) in [5.41, 5.74) is 0. The van der Waals surface area contributed by atoms with Gasteiger partial charge in [0.25, 0.3) is 0 Å². The SMILES string of the molecule is CC(C)Cn1ncnc1CN1CCCN(CCO)CC1. The quantitative estimate of drug-likeness (QED) is 0.820. The summed E-state index contributed by atoms with van der Waals surface area (Å²) in [6, 6.07) is 0. The number of nitrogens with zero attached hydrogens (tertiary/aromatic N) is 5. The van der Waals surface area contributed by atoms with Crippen LogP contribution in [0, 0.1) is 5.92 Å². The molecule has 1 saturated heterocycles. The average Bonchev–Trinajstić information content (AvgIpc) is 2.69. The molecular formula is C14H27N5O. The largest absolute Gasteiger partial charge is 0.395 e. The van der Waals surface area contributed by atoms with Gasteiger partial charge < -0.3 is 5.11 Å². The summed E-state index contributed by atoms with van der Waals surface area (Å²) in [4.78, 5) is 9.18. The van der Waals surface area contributed by atoms with E-state index < -0.39 is 0 Å². The highest BCUT2D eigenvalue weighted by Gasteiger charge is 2.16. The number of hydrogen-bond acceptors (Lipinski definition) is 5. The maximum Gasteiger partial charge on any atom is 0.141 e. The number of aliphatic hydroxyl groups is 1. The smallest absolute Gasteiger partial charge is 0.141 e. The van der Waals surface area contributed by atoms with Gasteiger partial charge in [-0.05, 0) is 25.4 Å². The molecule has 1 aromatic heterocycles. The van der Waals surface area contributed by atoms with E-state index in [2.05, 4.69) is 33.7 Å². The number of aromatic nitrogens is 3. The Bertz CT molecular complexity index is 393. The standard InChI is InChI=1S/C14H27N5O/c1-13(2)10-19-14(15-12-16-19)11-18-5-3-4-17(6-7-18)8-9-20/h12-13,20H,3-11H2,1-2H3. The molecule has 0 radical (unpaired) electrons. The molecule has 0 bridgehead atoms. The fraction of sp³-hybridized carbons (Fsp3) is 0.857. The summed E-state index contributed by atoms with van der Waals surface area (Å²) in [6.07, 6.45) is 2.81. The van der Waals surface area contributed by atoms with Crippen LogP contribution < -0.4 is 0 Å². The Hall–Kier alpha value is -0.980. The van der Waals surface area contributed by atoms with Gasteiger partial charge in [-0.15, -0.1) is 0 Å². The van der Waals surface area contributed by atoms with Crippen LogP contribution in [0.2, 0.25) is 0 Å². The molecule has 1 fully saturated rings. The van der Waals surface area contributed by atoms with E-state index in [4.69, 9.17) is 5.11 Å². The van der Waals surface area contributed by atoms with Gasteiger partial charge in [-0.3, -0.25) is 9.80 Å². The molecule has 0 aromatic carbocycles. The van der Waals surface area contributed by atoms with E-state index >= 15 is 0 Å². The molecule has 114 valence electrons. The highest BCUT2D eigenvalue weighted by molar-refractivity contribution is 4.86. The van der Waals surface area contributed by atoms with E-state index in [1.165, 1.54) is 0 Å². The first-order valence-corrected chi connectivity index (χ1v) is 7.61. The number of rotatable bonds is 6. The fourth-order valence-corrected chi connectivity index (χ4v) is 2.66. The average molecular weight is 281 g/mol. The topological polar surface area (TPSA) is 57.4 Å². The maximum absolute atomic E-state index is 9.03. The van der Waals surface area contributed by atoms with Crippen molar-refractivity contribution in [2.75, 3.05) is 39.3 Å². The van der Waals surface area contributed by atoms with Crippen LogP contribution in [0.25, 0.3) is 0 Å². The van der Waals surface area contributed by atoms with Crippen molar-refractivity contribution in [3.8, 4) is 0 Å². The van der Waals surface area contributed by atoms with Gasteiger partial charge in [0, 0.05) is 26.2 Å². The van der Waals surface area contributed by atoms with Gasteiger partial charge in [0.1, 0.15) is 12.2 Å². The molecular weight excluding hydrogens is 254 g/mol. The zero-order chi connectivity index (χ0) is 14.4. The zero-order valence-electron chi connectivity index (χ0n) is 12.7. The molecule has 1 N–H and O–H groups in total. The molecule has 1 aliphatic heterocycles. The van der Waals surface area contributed by atoms with Gasteiger partial charge >= 0.3 is 0 Å². The van der Waals surface area contributed by atoms with Crippen LogP contribution in [0.5, 0.6) is 0 Å². The lowest BCUT2D eigenvalue weighted by Crippen LogP contribution is -2.32. The maximum atomic E-state index is 9.03. The Morgan fingerprint density at radius 3 is 2.70 bits per heavy atom. The van der Waals surface area contributed by atoms with E-state index in [1.54, 1.807) is 6.33 Å². The Balaban J connectivity index is 1.88. The van der Waals surface area contributed by atoms with Gasteiger partial charge in [0.15, 0.2) is 0 Å². The van der Waals surface area contributed by atoms with Gasteiger partial charge in [0.2, 0.25) is 0 Å². The monoisotopic (exact) mass is 281 g/mol. The normalized spacial score (nSPS) is 18.6. The second-order valence-corrected chi connectivity index (χ2v) is 5.95. The van der Waals surface area contributed by atoms with Crippen molar-refractivity contribution in [2.24, 2.45) is 5.92 Å². The summed E-state index contributed by atoms with van der Waals surface area (Å²) in [5.74, 6) is 1.65. The highest BCUT2D eigenvalue weighted by Crippen LogP contribution is 2.08. The van der Waals surface area contributed by atoms with Gasteiger partial charge in [-0.2, -0.15) is 5.10 Å². The van der Waals surface area contributed by atoms with Crippen molar-refractivity contribution in [1.82, 2.24) is 24.6 Å². The van der Waals surface area contributed by atoms with E-state index in [-0.39, 0.29) is 6.61 Å². The third kappa shape index (κ3) is 4.54. The van der Waals surface area contributed by atoms with Crippen molar-refractivity contribution < 1.29 is 5.11 Å². The van der Waals surface area contributed by atoms with E-state index in [1.807, 2.05) is 4.68 Å². The molecule has 20 heavy (non-hydrogen) atoms. The molecule has 0 amide bonds. The van der Waals surface area contributed by atoms with E-state index in [0.29, 0.717) is 5.92 Å². The minimum absolute atomic E-state index is 0.253. The Labute approximate surface area is 121 Å². The van der Waals surface area contributed by atoms with Crippen molar-refractivity contribution in [3.63, 3.8) is 0 Å². The molecule has 6 nitrogen and oxygen atoms in total.